The van der Waals surface area contributed by atoms with Crippen molar-refractivity contribution in [3.8, 4) is 0 Å². The van der Waals surface area contributed by atoms with E-state index in [1.807, 2.05) is 0 Å². The average Bonchev–Trinajstić information content (AvgIpc) is 1.59. The van der Waals surface area contributed by atoms with Gasteiger partial charge in [0.25, 0.3) is 0 Å². The molecule has 0 heterocycles. The summed E-state index contributed by atoms with van der Waals surface area (Å²) in [5, 5.41) is 0. The van der Waals surface area contributed by atoms with Crippen LogP contribution in [-0.2, 0) is 0 Å². The van der Waals surface area contributed by atoms with Gasteiger partial charge >= 0.3 is 92.0 Å². The van der Waals surface area contributed by atoms with Crippen molar-refractivity contribution >= 4 is 0 Å². The molecule has 0 radical (unpaired) electrons. The molecule has 0 rings (SSSR count). The van der Waals surface area contributed by atoms with E-state index in [1.54, 1.807) is 5.57 Å². The molecule has 0 fully saturated rings. The summed E-state index contributed by atoms with van der Waals surface area (Å²) in [7, 11) is 0. The van der Waals surface area contributed by atoms with Gasteiger partial charge in [0.1, 0.15) is 0 Å². The van der Waals surface area contributed by atoms with Crippen molar-refractivity contribution in [1.82, 2.24) is 0 Å². The monoisotopic (exact) mass is 267 g/mol. The van der Waals surface area contributed by atoms with Gasteiger partial charge in [0, 0.05) is 0 Å². The summed E-state index contributed by atoms with van der Waals surface area (Å²) in [6.45, 7) is 9.11. The maximum atomic E-state index is 2.37. The zero-order valence-electron chi connectivity index (χ0n) is 7.49. The van der Waals surface area contributed by atoms with E-state index in [9.17, 15) is 0 Å². The van der Waals surface area contributed by atoms with Gasteiger partial charge in [-0.2, -0.15) is 0 Å². The molecule has 0 aliphatic rings. The molecule has 57 valence electrons. The molecule has 0 atom stereocenters. The Labute approximate surface area is 91.1 Å². The molecule has 0 aromatic carbocycles. The third-order valence-electron chi connectivity index (χ3n) is 1.26. The van der Waals surface area contributed by atoms with Crippen molar-refractivity contribution in [2.45, 2.75) is 36.2 Å². The first-order chi connectivity index (χ1) is 4.45. The van der Waals surface area contributed by atoms with Gasteiger partial charge in [0.2, 0.25) is 0 Å². The number of hydrogen-bond acceptors (Lipinski definition) is 0. The van der Waals surface area contributed by atoms with Gasteiger partial charge in [-0.05, 0) is 0 Å². The maximum absolute atomic E-state index is 2.37. The van der Waals surface area contributed by atoms with Crippen LogP contribution in [0.3, 0.4) is 0 Å². The molecular weight excluding hydrogens is 252 g/mol. The molecule has 0 aliphatic carbocycles. The second kappa shape index (κ2) is 4.87. The number of hydrogen-bond donors (Lipinski definition) is 0. The molecule has 0 bridgehead atoms. The van der Waals surface area contributed by atoms with Crippen molar-refractivity contribution in [2.75, 3.05) is 0 Å². The summed E-state index contributed by atoms with van der Waals surface area (Å²) < 4.78 is 1.31. The van der Waals surface area contributed by atoms with E-state index < -0.39 is 0 Å². The molecule has 10 heavy (non-hydrogen) atoms. The van der Waals surface area contributed by atoms with E-state index in [0.717, 1.165) is 0 Å². The van der Waals surface area contributed by atoms with Crippen LogP contribution in [0.2, 0.25) is 2.07 Å². The van der Waals surface area contributed by atoms with Crippen LogP contribution >= 0.6 is 0 Å². The molecule has 1 heteroatoms. The first-order valence-corrected chi connectivity index (χ1v) is 6.03. The Kier molecular flexibility index (Phi) is 5.40. The fourth-order valence-electron chi connectivity index (χ4n) is 1.08. The third kappa shape index (κ3) is 7.20. The van der Waals surface area contributed by atoms with Gasteiger partial charge in [-0.1, -0.05) is 0 Å². The topological polar surface area (TPSA) is 0 Å². The molecule has 0 unspecified atom stereocenters. The molecule has 0 aromatic rings. The van der Waals surface area contributed by atoms with Crippen LogP contribution < -0.4 is 0 Å². The van der Waals surface area contributed by atoms with E-state index in [2.05, 4.69) is 33.8 Å². The second-order valence-electron chi connectivity index (χ2n) is 3.99. The van der Waals surface area contributed by atoms with Gasteiger partial charge in [0.05, 0.1) is 0 Å². The van der Waals surface area contributed by atoms with E-state index in [1.165, 1.54) is 47.3 Å². The van der Waals surface area contributed by atoms with Gasteiger partial charge in [-0.25, -0.2) is 0 Å². The zero-order valence-corrected chi connectivity index (χ0v) is 10.7. The van der Waals surface area contributed by atoms with E-state index in [4.69, 9.17) is 0 Å². The van der Waals surface area contributed by atoms with Crippen LogP contribution in [0, 0.1) is 44.2 Å². The predicted octanol–water partition coefficient (Wildman–Crippen LogP) is 3.34. The summed E-state index contributed by atoms with van der Waals surface area (Å²) in [6.07, 6.45) is 3.62. The molecule has 0 N–H and O–H groups in total. The fourth-order valence-corrected chi connectivity index (χ4v) is 2.20. The zero-order chi connectivity index (χ0) is 8.20. The molecule has 0 aliphatic heterocycles. The molecule has 0 nitrogen and oxygen atoms in total. The van der Waals surface area contributed by atoms with E-state index >= 15 is 0 Å². The van der Waals surface area contributed by atoms with Gasteiger partial charge in [0.15, 0.2) is 0 Å². The van der Waals surface area contributed by atoms with Crippen LogP contribution in [0.15, 0.2) is 11.6 Å². The number of rotatable bonds is 2. The van der Waals surface area contributed by atoms with Crippen LogP contribution in [0.25, 0.3) is 0 Å². The summed E-state index contributed by atoms with van der Waals surface area (Å²) in [5.74, 6) is 0. The van der Waals surface area contributed by atoms with Crippen molar-refractivity contribution in [2.24, 2.45) is 5.41 Å². The minimum absolute atomic E-state index is 0.470. The van der Waals surface area contributed by atoms with Crippen molar-refractivity contribution in [3.63, 3.8) is 0 Å². The summed E-state index contributed by atoms with van der Waals surface area (Å²) in [4.78, 5) is 0. The summed E-state index contributed by atoms with van der Waals surface area (Å²) >= 11 is 1.30. The molecular formula is C9H17Nd. The van der Waals surface area contributed by atoms with Gasteiger partial charge < -0.3 is 0 Å². The van der Waals surface area contributed by atoms with Gasteiger partial charge in [-0.3, -0.25) is 0 Å². The van der Waals surface area contributed by atoms with Crippen LogP contribution in [0.1, 0.15) is 34.1 Å². The molecule has 0 saturated carbocycles. The normalized spacial score (nSPS) is 13.7. The van der Waals surface area contributed by atoms with Crippen molar-refractivity contribution < 1.29 is 38.8 Å². The average molecular weight is 269 g/mol. The number of allylic oxidation sites excluding steroid dienone is 2. The second-order valence-corrected chi connectivity index (χ2v) is 5.30. The van der Waals surface area contributed by atoms with Crippen LogP contribution in [-0.4, -0.2) is 0 Å². The Morgan fingerprint density at radius 2 is 1.90 bits per heavy atom. The van der Waals surface area contributed by atoms with Crippen molar-refractivity contribution in [3.05, 3.63) is 11.6 Å². The fraction of sp³-hybridized carbons (Fsp3) is 0.778. The van der Waals surface area contributed by atoms with Crippen LogP contribution in [0.4, 0.5) is 0 Å². The summed E-state index contributed by atoms with van der Waals surface area (Å²) in [6, 6.07) is 0. The van der Waals surface area contributed by atoms with Crippen LogP contribution in [0.5, 0.6) is 0 Å². The Hall–Kier alpha value is 1.09. The molecule has 0 amide bonds. The standard InChI is InChI=1S/C9H17.Nd/c1-6-8(2)7-9(3,4)5;/h6H,1,7H2,2-5H3;. The Balaban J connectivity index is 3.79. The molecule has 0 saturated heterocycles. The van der Waals surface area contributed by atoms with Gasteiger partial charge in [-0.15, -0.1) is 0 Å². The first-order valence-electron chi connectivity index (χ1n) is 3.76. The first kappa shape index (κ1) is 11.1. The predicted molar refractivity (Wildman–Crippen MR) is 42.6 cm³/mol. The quantitative estimate of drug-likeness (QED) is 0.675. The SMILES string of the molecule is CC(=C[CH2][Nd])CC(C)(C)C. The van der Waals surface area contributed by atoms with Crippen molar-refractivity contribution in [1.29, 1.82) is 0 Å². The molecule has 0 aromatic heterocycles. The Bertz CT molecular complexity index is 117. The summed E-state index contributed by atoms with van der Waals surface area (Å²) in [5.41, 5.74) is 2.03. The molecule has 0 spiro atoms. The third-order valence-corrected chi connectivity index (χ3v) is 1.91. The van der Waals surface area contributed by atoms with E-state index in [-0.39, 0.29) is 0 Å². The minimum atomic E-state index is 0.470. The van der Waals surface area contributed by atoms with E-state index in [0.29, 0.717) is 5.41 Å². The Morgan fingerprint density at radius 3 is 2.20 bits per heavy atom. The Morgan fingerprint density at radius 1 is 1.40 bits per heavy atom.